The molecule has 0 fully saturated rings. The van der Waals surface area contributed by atoms with E-state index in [2.05, 4.69) is 5.10 Å². The van der Waals surface area contributed by atoms with Gasteiger partial charge in [-0.15, -0.1) is 11.3 Å². The van der Waals surface area contributed by atoms with Crippen LogP contribution in [0.1, 0.15) is 20.8 Å². The van der Waals surface area contributed by atoms with E-state index in [0.717, 1.165) is 16.9 Å². The summed E-state index contributed by atoms with van der Waals surface area (Å²) in [6.07, 6.45) is 1.42. The molecular weight excluding hydrogens is 302 g/mol. The summed E-state index contributed by atoms with van der Waals surface area (Å²) < 4.78 is 2.73. The van der Waals surface area contributed by atoms with Crippen molar-refractivity contribution in [3.05, 3.63) is 68.5 Å². The maximum atomic E-state index is 12.4. The summed E-state index contributed by atoms with van der Waals surface area (Å²) >= 11 is 1.10. The Morgan fingerprint density at radius 2 is 2.05 bits per heavy atom. The molecule has 0 aliphatic rings. The van der Waals surface area contributed by atoms with Gasteiger partial charge in [-0.1, -0.05) is 30.3 Å². The smallest absolute Gasteiger partial charge is 0.350 e. The van der Waals surface area contributed by atoms with Gasteiger partial charge in [-0.3, -0.25) is 0 Å². The first kappa shape index (κ1) is 14.3. The van der Waals surface area contributed by atoms with Crippen molar-refractivity contribution < 1.29 is 9.90 Å². The highest BCUT2D eigenvalue weighted by atomic mass is 32.1. The van der Waals surface area contributed by atoms with Gasteiger partial charge in [-0.05, 0) is 18.1 Å². The molecule has 0 aliphatic carbocycles. The highest BCUT2D eigenvalue weighted by Crippen LogP contribution is 2.24. The number of carboxylic acid groups (broad SMARTS) is 1. The van der Waals surface area contributed by atoms with Crippen molar-refractivity contribution in [2.24, 2.45) is 0 Å². The molecule has 0 bridgehead atoms. The largest absolute Gasteiger partial charge is 0.477 e. The van der Waals surface area contributed by atoms with Crippen LogP contribution < -0.4 is 5.69 Å². The fraction of sp³-hybridized carbons (Fsp3) is 0.133. The van der Waals surface area contributed by atoms with Gasteiger partial charge in [0.1, 0.15) is 11.2 Å². The van der Waals surface area contributed by atoms with E-state index in [0.29, 0.717) is 17.8 Å². The average Bonchev–Trinajstić information content (AvgIpc) is 3.04. The fourth-order valence-electron chi connectivity index (χ4n) is 2.22. The number of benzene rings is 1. The quantitative estimate of drug-likeness (QED) is 0.800. The second kappa shape index (κ2) is 5.61. The van der Waals surface area contributed by atoms with Crippen LogP contribution in [0.2, 0.25) is 0 Å². The van der Waals surface area contributed by atoms with Crippen molar-refractivity contribution in [2.75, 3.05) is 0 Å². The van der Waals surface area contributed by atoms with Gasteiger partial charge < -0.3 is 5.11 Å². The second-order valence-corrected chi connectivity index (χ2v) is 5.69. The molecule has 7 heteroatoms. The Morgan fingerprint density at radius 1 is 1.32 bits per heavy atom. The number of aromatic carboxylic acids is 1. The highest BCUT2D eigenvalue weighted by molar-refractivity contribution is 7.12. The molecule has 112 valence electrons. The van der Waals surface area contributed by atoms with E-state index < -0.39 is 5.97 Å². The number of thiophene rings is 1. The van der Waals surface area contributed by atoms with Crippen molar-refractivity contribution in [2.45, 2.75) is 13.5 Å². The minimum absolute atomic E-state index is 0.234. The Bertz CT molecular complexity index is 877. The molecule has 1 aromatic carbocycles. The third-order valence-corrected chi connectivity index (χ3v) is 4.43. The lowest BCUT2D eigenvalue weighted by molar-refractivity contribution is 0.0701. The maximum absolute atomic E-state index is 12.4. The van der Waals surface area contributed by atoms with E-state index >= 15 is 0 Å². The Labute approximate surface area is 129 Å². The molecule has 0 aliphatic heterocycles. The zero-order valence-electron chi connectivity index (χ0n) is 11.8. The molecule has 3 rings (SSSR count). The van der Waals surface area contributed by atoms with E-state index in [-0.39, 0.29) is 10.6 Å². The molecule has 2 aromatic heterocycles. The van der Waals surface area contributed by atoms with Crippen molar-refractivity contribution >= 4 is 17.3 Å². The molecule has 2 heterocycles. The third-order valence-electron chi connectivity index (χ3n) is 3.38. The molecule has 0 saturated carbocycles. The lowest BCUT2D eigenvalue weighted by atomic mass is 10.2. The molecule has 0 atom stereocenters. The van der Waals surface area contributed by atoms with E-state index in [1.807, 2.05) is 30.3 Å². The number of aromatic nitrogens is 3. The van der Waals surface area contributed by atoms with Crippen LogP contribution in [0, 0.1) is 6.92 Å². The molecule has 0 unspecified atom stereocenters. The Morgan fingerprint density at radius 3 is 2.68 bits per heavy atom. The van der Waals surface area contributed by atoms with Crippen LogP contribution in [0.4, 0.5) is 0 Å². The lowest BCUT2D eigenvalue weighted by Gasteiger charge is -2.01. The van der Waals surface area contributed by atoms with Crippen LogP contribution in [-0.4, -0.2) is 25.4 Å². The predicted octanol–water partition coefficient (Wildman–Crippen LogP) is 2.15. The predicted molar refractivity (Wildman–Crippen MR) is 82.9 cm³/mol. The summed E-state index contributed by atoms with van der Waals surface area (Å²) in [7, 11) is 0. The number of rotatable bonds is 4. The summed E-state index contributed by atoms with van der Waals surface area (Å²) in [5, 5.41) is 14.9. The maximum Gasteiger partial charge on any atom is 0.350 e. The van der Waals surface area contributed by atoms with Gasteiger partial charge in [0, 0.05) is 5.38 Å². The summed E-state index contributed by atoms with van der Waals surface area (Å²) in [6, 6.07) is 9.56. The highest BCUT2D eigenvalue weighted by Gasteiger charge is 2.17. The second-order valence-electron chi connectivity index (χ2n) is 4.81. The van der Waals surface area contributed by atoms with Crippen LogP contribution in [0.15, 0.2) is 46.8 Å². The molecular formula is C15H13N3O3S. The van der Waals surface area contributed by atoms with Crippen molar-refractivity contribution in [3.8, 4) is 5.69 Å². The number of carbonyl (C=O) groups is 1. The van der Waals surface area contributed by atoms with E-state index in [9.17, 15) is 9.59 Å². The van der Waals surface area contributed by atoms with E-state index in [1.54, 1.807) is 12.3 Å². The molecule has 22 heavy (non-hydrogen) atoms. The molecule has 3 aromatic rings. The molecule has 0 spiro atoms. The SMILES string of the molecule is Cc1c(-n2cnn(Cc3ccccc3)c2=O)csc1C(=O)O. The first-order chi connectivity index (χ1) is 10.6. The topological polar surface area (TPSA) is 77.1 Å². The molecule has 0 radical (unpaired) electrons. The zero-order chi connectivity index (χ0) is 15.7. The fourth-order valence-corrected chi connectivity index (χ4v) is 3.13. The molecule has 1 N–H and O–H groups in total. The van der Waals surface area contributed by atoms with Gasteiger partial charge in [0.05, 0.1) is 12.2 Å². The summed E-state index contributed by atoms with van der Waals surface area (Å²) in [6.45, 7) is 2.07. The minimum Gasteiger partial charge on any atom is -0.477 e. The lowest BCUT2D eigenvalue weighted by Crippen LogP contribution is -2.24. The molecule has 0 saturated heterocycles. The van der Waals surface area contributed by atoms with Gasteiger partial charge in [-0.2, -0.15) is 5.10 Å². The normalized spacial score (nSPS) is 10.8. The molecule has 0 amide bonds. The third kappa shape index (κ3) is 2.46. The molecule has 6 nitrogen and oxygen atoms in total. The number of hydrogen-bond donors (Lipinski definition) is 1. The summed E-state index contributed by atoms with van der Waals surface area (Å²) in [5.41, 5.74) is 1.82. The average molecular weight is 315 g/mol. The van der Waals surface area contributed by atoms with Crippen LogP contribution >= 0.6 is 11.3 Å². The van der Waals surface area contributed by atoms with Gasteiger partial charge >= 0.3 is 11.7 Å². The van der Waals surface area contributed by atoms with E-state index in [4.69, 9.17) is 5.11 Å². The zero-order valence-corrected chi connectivity index (χ0v) is 12.6. The Kier molecular flexibility index (Phi) is 3.64. The van der Waals surface area contributed by atoms with Gasteiger partial charge in [0.2, 0.25) is 0 Å². The summed E-state index contributed by atoms with van der Waals surface area (Å²) in [5.74, 6) is -0.988. The van der Waals surface area contributed by atoms with Gasteiger partial charge in [0.15, 0.2) is 0 Å². The summed E-state index contributed by atoms with van der Waals surface area (Å²) in [4.78, 5) is 23.8. The number of carboxylic acids is 1. The van der Waals surface area contributed by atoms with Crippen molar-refractivity contribution in [1.29, 1.82) is 0 Å². The van der Waals surface area contributed by atoms with Crippen molar-refractivity contribution in [3.63, 3.8) is 0 Å². The van der Waals surface area contributed by atoms with Crippen LogP contribution in [0.3, 0.4) is 0 Å². The van der Waals surface area contributed by atoms with Gasteiger partial charge in [-0.25, -0.2) is 18.8 Å². The number of nitrogens with zero attached hydrogens (tertiary/aromatic N) is 3. The first-order valence-corrected chi connectivity index (χ1v) is 7.46. The van der Waals surface area contributed by atoms with Crippen molar-refractivity contribution in [1.82, 2.24) is 14.3 Å². The van der Waals surface area contributed by atoms with Crippen LogP contribution in [0.25, 0.3) is 5.69 Å². The monoisotopic (exact) mass is 315 g/mol. The van der Waals surface area contributed by atoms with Crippen LogP contribution in [0.5, 0.6) is 0 Å². The first-order valence-electron chi connectivity index (χ1n) is 6.58. The van der Waals surface area contributed by atoms with Gasteiger partial charge in [0.25, 0.3) is 0 Å². The Balaban J connectivity index is 1.98. The minimum atomic E-state index is -0.988. The standard InChI is InChI=1S/C15H13N3O3S/c1-10-12(8-22-13(10)14(19)20)17-9-16-18(15(17)21)7-11-5-3-2-4-6-11/h2-6,8-9H,7H2,1H3,(H,19,20). The Hall–Kier alpha value is -2.67. The number of hydrogen-bond acceptors (Lipinski definition) is 4. The van der Waals surface area contributed by atoms with Crippen LogP contribution in [-0.2, 0) is 6.54 Å². The van der Waals surface area contributed by atoms with E-state index in [1.165, 1.54) is 15.6 Å².